The van der Waals surface area contributed by atoms with E-state index in [0.29, 0.717) is 11.6 Å². The van der Waals surface area contributed by atoms with E-state index in [9.17, 15) is 0 Å². The molecule has 0 radical (unpaired) electrons. The second-order valence-corrected chi connectivity index (χ2v) is 2.94. The van der Waals surface area contributed by atoms with Crippen LogP contribution in [0.1, 0.15) is 5.69 Å². The molecule has 0 bridgehead atoms. The van der Waals surface area contributed by atoms with Crippen molar-refractivity contribution in [1.82, 2.24) is 15.0 Å². The SMILES string of the molecule is Cc1nc(N)ccc1-c1ncccn1. The van der Waals surface area contributed by atoms with E-state index < -0.39 is 0 Å². The molecular weight excluding hydrogens is 176 g/mol. The van der Waals surface area contributed by atoms with Crippen LogP contribution in [0.2, 0.25) is 0 Å². The van der Waals surface area contributed by atoms with E-state index >= 15 is 0 Å². The van der Waals surface area contributed by atoms with Gasteiger partial charge in [-0.25, -0.2) is 15.0 Å². The van der Waals surface area contributed by atoms with Gasteiger partial charge in [-0.3, -0.25) is 0 Å². The molecule has 2 aromatic heterocycles. The van der Waals surface area contributed by atoms with Crippen LogP contribution in [0.4, 0.5) is 5.82 Å². The van der Waals surface area contributed by atoms with Crippen molar-refractivity contribution >= 4 is 5.82 Å². The van der Waals surface area contributed by atoms with Crippen LogP contribution in [0.15, 0.2) is 30.6 Å². The summed E-state index contributed by atoms with van der Waals surface area (Å²) in [6.45, 7) is 1.89. The number of rotatable bonds is 1. The number of nitrogen functional groups attached to an aromatic ring is 1. The molecule has 4 heteroatoms. The lowest BCUT2D eigenvalue weighted by molar-refractivity contribution is 1.13. The summed E-state index contributed by atoms with van der Waals surface area (Å²) in [7, 11) is 0. The molecule has 0 spiro atoms. The molecule has 0 aromatic carbocycles. The first-order valence-corrected chi connectivity index (χ1v) is 4.28. The lowest BCUT2D eigenvalue weighted by atomic mass is 10.2. The predicted octanol–water partition coefficient (Wildman–Crippen LogP) is 1.43. The molecule has 0 aliphatic carbocycles. The minimum atomic E-state index is 0.516. The van der Waals surface area contributed by atoms with Crippen LogP contribution < -0.4 is 5.73 Å². The molecule has 14 heavy (non-hydrogen) atoms. The highest BCUT2D eigenvalue weighted by molar-refractivity contribution is 5.59. The van der Waals surface area contributed by atoms with E-state index in [1.807, 2.05) is 13.0 Å². The number of hydrogen-bond acceptors (Lipinski definition) is 4. The van der Waals surface area contributed by atoms with E-state index in [1.165, 1.54) is 0 Å². The Hall–Kier alpha value is -1.97. The first-order valence-electron chi connectivity index (χ1n) is 4.28. The van der Waals surface area contributed by atoms with Crippen LogP contribution in [0.3, 0.4) is 0 Å². The molecule has 2 rings (SSSR count). The van der Waals surface area contributed by atoms with Gasteiger partial charge in [-0.1, -0.05) is 0 Å². The van der Waals surface area contributed by atoms with E-state index in [2.05, 4.69) is 15.0 Å². The third-order valence-corrected chi connectivity index (χ3v) is 1.91. The molecule has 0 fully saturated rings. The number of aromatic nitrogens is 3. The normalized spacial score (nSPS) is 10.1. The maximum Gasteiger partial charge on any atom is 0.160 e. The number of anilines is 1. The molecular formula is C10H10N4. The Morgan fingerprint density at radius 3 is 2.50 bits per heavy atom. The van der Waals surface area contributed by atoms with Gasteiger partial charge in [0, 0.05) is 18.0 Å². The van der Waals surface area contributed by atoms with Gasteiger partial charge in [0.05, 0.1) is 5.69 Å². The second kappa shape index (κ2) is 3.41. The van der Waals surface area contributed by atoms with Gasteiger partial charge >= 0.3 is 0 Å². The van der Waals surface area contributed by atoms with Gasteiger partial charge in [-0.2, -0.15) is 0 Å². The first kappa shape index (κ1) is 8.62. The van der Waals surface area contributed by atoms with Gasteiger partial charge in [-0.05, 0) is 25.1 Å². The monoisotopic (exact) mass is 186 g/mol. The molecule has 0 aliphatic rings. The largest absolute Gasteiger partial charge is 0.384 e. The van der Waals surface area contributed by atoms with Gasteiger partial charge < -0.3 is 5.73 Å². The maximum absolute atomic E-state index is 5.55. The molecule has 0 aliphatic heterocycles. The molecule has 0 atom stereocenters. The Bertz CT molecular complexity index is 439. The zero-order valence-electron chi connectivity index (χ0n) is 7.81. The summed E-state index contributed by atoms with van der Waals surface area (Å²) in [5.74, 6) is 1.19. The fourth-order valence-corrected chi connectivity index (χ4v) is 1.25. The highest BCUT2D eigenvalue weighted by atomic mass is 14.9. The first-order chi connectivity index (χ1) is 6.77. The molecule has 0 amide bonds. The standard InChI is InChI=1S/C10H10N4/c1-7-8(3-4-9(11)14-7)10-12-5-2-6-13-10/h2-6H,1H3,(H2,11,14). The highest BCUT2D eigenvalue weighted by Crippen LogP contribution is 2.17. The van der Waals surface area contributed by atoms with E-state index in [-0.39, 0.29) is 0 Å². The predicted molar refractivity (Wildman–Crippen MR) is 54.4 cm³/mol. The molecule has 4 nitrogen and oxygen atoms in total. The van der Waals surface area contributed by atoms with Crippen LogP contribution in [0.25, 0.3) is 11.4 Å². The van der Waals surface area contributed by atoms with Crippen molar-refractivity contribution in [2.75, 3.05) is 5.73 Å². The Morgan fingerprint density at radius 1 is 1.14 bits per heavy atom. The summed E-state index contributed by atoms with van der Waals surface area (Å²) in [5, 5.41) is 0. The quantitative estimate of drug-likeness (QED) is 0.731. The Morgan fingerprint density at radius 2 is 1.86 bits per heavy atom. The molecule has 70 valence electrons. The van der Waals surface area contributed by atoms with Crippen LogP contribution in [0.5, 0.6) is 0 Å². The topological polar surface area (TPSA) is 64.7 Å². The number of aryl methyl sites for hydroxylation is 1. The molecule has 0 unspecified atom stereocenters. The molecule has 2 N–H and O–H groups in total. The molecule has 0 saturated heterocycles. The second-order valence-electron chi connectivity index (χ2n) is 2.94. The summed E-state index contributed by atoms with van der Waals surface area (Å²) in [4.78, 5) is 12.4. The average Bonchev–Trinajstić information content (AvgIpc) is 2.19. The van der Waals surface area contributed by atoms with Crippen LogP contribution in [-0.4, -0.2) is 15.0 Å². The average molecular weight is 186 g/mol. The van der Waals surface area contributed by atoms with Crippen molar-refractivity contribution in [3.63, 3.8) is 0 Å². The Labute approximate surface area is 81.9 Å². The summed E-state index contributed by atoms with van der Waals surface area (Å²) < 4.78 is 0. The van der Waals surface area contributed by atoms with Crippen molar-refractivity contribution in [3.8, 4) is 11.4 Å². The number of hydrogen-bond donors (Lipinski definition) is 1. The van der Waals surface area contributed by atoms with Crippen molar-refractivity contribution in [1.29, 1.82) is 0 Å². The van der Waals surface area contributed by atoms with Crippen molar-refractivity contribution in [2.24, 2.45) is 0 Å². The van der Waals surface area contributed by atoms with Crippen LogP contribution in [0, 0.1) is 6.92 Å². The summed E-state index contributed by atoms with van der Waals surface area (Å²) in [5.41, 5.74) is 7.31. The fraction of sp³-hybridized carbons (Fsp3) is 0.100. The lowest BCUT2D eigenvalue weighted by Gasteiger charge is -2.03. The maximum atomic E-state index is 5.55. The van der Waals surface area contributed by atoms with Gasteiger partial charge in [0.25, 0.3) is 0 Å². The highest BCUT2D eigenvalue weighted by Gasteiger charge is 2.04. The smallest absolute Gasteiger partial charge is 0.160 e. The zero-order chi connectivity index (χ0) is 9.97. The van der Waals surface area contributed by atoms with E-state index in [0.717, 1.165) is 11.3 Å². The van der Waals surface area contributed by atoms with E-state index in [4.69, 9.17) is 5.73 Å². The van der Waals surface area contributed by atoms with Crippen LogP contribution in [-0.2, 0) is 0 Å². The van der Waals surface area contributed by atoms with Crippen LogP contribution >= 0.6 is 0 Å². The molecule has 0 saturated carbocycles. The molecule has 2 heterocycles. The minimum Gasteiger partial charge on any atom is -0.384 e. The van der Waals surface area contributed by atoms with E-state index in [1.54, 1.807) is 24.5 Å². The number of nitrogens with zero attached hydrogens (tertiary/aromatic N) is 3. The Balaban J connectivity index is 2.53. The summed E-state index contributed by atoms with van der Waals surface area (Å²) >= 11 is 0. The summed E-state index contributed by atoms with van der Waals surface area (Å²) in [6, 6.07) is 5.41. The van der Waals surface area contributed by atoms with Crippen molar-refractivity contribution < 1.29 is 0 Å². The van der Waals surface area contributed by atoms with Gasteiger partial charge in [0.2, 0.25) is 0 Å². The third kappa shape index (κ3) is 1.54. The molecule has 2 aromatic rings. The van der Waals surface area contributed by atoms with Gasteiger partial charge in [0.1, 0.15) is 5.82 Å². The van der Waals surface area contributed by atoms with Crippen molar-refractivity contribution in [2.45, 2.75) is 6.92 Å². The summed E-state index contributed by atoms with van der Waals surface area (Å²) in [6.07, 6.45) is 3.41. The minimum absolute atomic E-state index is 0.516. The third-order valence-electron chi connectivity index (χ3n) is 1.91. The zero-order valence-corrected chi connectivity index (χ0v) is 7.81. The van der Waals surface area contributed by atoms with Gasteiger partial charge in [0.15, 0.2) is 5.82 Å². The lowest BCUT2D eigenvalue weighted by Crippen LogP contribution is -1.96. The number of nitrogens with two attached hydrogens (primary N) is 1. The fourth-order valence-electron chi connectivity index (χ4n) is 1.25. The number of pyridine rings is 1. The van der Waals surface area contributed by atoms with Gasteiger partial charge in [-0.15, -0.1) is 0 Å². The Kier molecular flexibility index (Phi) is 2.10. The van der Waals surface area contributed by atoms with Crippen molar-refractivity contribution in [3.05, 3.63) is 36.3 Å².